The van der Waals surface area contributed by atoms with E-state index in [1.54, 1.807) is 0 Å². The van der Waals surface area contributed by atoms with Crippen molar-refractivity contribution in [2.24, 2.45) is 5.41 Å². The van der Waals surface area contributed by atoms with Crippen LogP contribution in [0.3, 0.4) is 0 Å². The first kappa shape index (κ1) is 13.5. The monoisotopic (exact) mass is 268 g/mol. The Morgan fingerprint density at radius 2 is 2.47 bits per heavy atom. The van der Waals surface area contributed by atoms with E-state index >= 15 is 0 Å². The number of rotatable bonds is 3. The molecule has 104 valence electrons. The molecule has 8 nitrogen and oxygen atoms in total. The lowest BCUT2D eigenvalue weighted by Crippen LogP contribution is -2.46. The topological polar surface area (TPSA) is 112 Å². The molecule has 1 atom stereocenters. The van der Waals surface area contributed by atoms with Gasteiger partial charge in [0.25, 0.3) is 5.91 Å². The summed E-state index contributed by atoms with van der Waals surface area (Å²) >= 11 is 0. The first-order valence-electron chi connectivity index (χ1n) is 6.05. The van der Waals surface area contributed by atoms with Crippen molar-refractivity contribution in [2.45, 2.75) is 19.8 Å². The van der Waals surface area contributed by atoms with Crippen LogP contribution in [-0.4, -0.2) is 50.7 Å². The van der Waals surface area contributed by atoms with Gasteiger partial charge < -0.3 is 10.0 Å². The number of piperidine rings is 1. The van der Waals surface area contributed by atoms with Crippen LogP contribution in [0.1, 0.15) is 30.3 Å². The maximum atomic E-state index is 12.3. The zero-order valence-corrected chi connectivity index (χ0v) is 10.6. The van der Waals surface area contributed by atoms with Crippen molar-refractivity contribution in [3.05, 3.63) is 22.0 Å². The Morgan fingerprint density at radius 1 is 1.74 bits per heavy atom. The van der Waals surface area contributed by atoms with Gasteiger partial charge in [0.2, 0.25) is 5.69 Å². The van der Waals surface area contributed by atoms with Crippen LogP contribution in [0.4, 0.5) is 5.69 Å². The van der Waals surface area contributed by atoms with Gasteiger partial charge in [-0.3, -0.25) is 20.0 Å². The van der Waals surface area contributed by atoms with E-state index in [9.17, 15) is 20.0 Å². The van der Waals surface area contributed by atoms with Gasteiger partial charge in [0.1, 0.15) is 6.20 Å². The van der Waals surface area contributed by atoms with Gasteiger partial charge in [-0.25, -0.2) is 0 Å². The maximum Gasteiger partial charge on any atom is 0.319 e. The molecule has 0 spiro atoms. The van der Waals surface area contributed by atoms with Crippen LogP contribution >= 0.6 is 0 Å². The van der Waals surface area contributed by atoms with Crippen molar-refractivity contribution in [1.82, 2.24) is 15.1 Å². The zero-order chi connectivity index (χ0) is 14.0. The Labute approximate surface area is 109 Å². The maximum absolute atomic E-state index is 12.3. The predicted molar refractivity (Wildman–Crippen MR) is 65.6 cm³/mol. The van der Waals surface area contributed by atoms with E-state index in [1.165, 1.54) is 4.90 Å². The Morgan fingerprint density at radius 3 is 3.11 bits per heavy atom. The molecule has 19 heavy (non-hydrogen) atoms. The third-order valence-electron chi connectivity index (χ3n) is 3.48. The smallest absolute Gasteiger partial charge is 0.319 e. The van der Waals surface area contributed by atoms with Crippen LogP contribution in [0.15, 0.2) is 6.20 Å². The molecule has 1 fully saturated rings. The molecular weight excluding hydrogens is 252 g/mol. The minimum absolute atomic E-state index is 0.0121. The lowest BCUT2D eigenvalue weighted by molar-refractivity contribution is -0.385. The highest BCUT2D eigenvalue weighted by atomic mass is 16.6. The molecule has 8 heteroatoms. The van der Waals surface area contributed by atoms with Crippen molar-refractivity contribution in [2.75, 3.05) is 19.7 Å². The quantitative estimate of drug-likeness (QED) is 0.614. The summed E-state index contributed by atoms with van der Waals surface area (Å²) in [6.45, 7) is 2.80. The molecule has 0 bridgehead atoms. The van der Waals surface area contributed by atoms with E-state index in [2.05, 4.69) is 10.2 Å². The van der Waals surface area contributed by atoms with Gasteiger partial charge in [-0.1, -0.05) is 6.92 Å². The summed E-state index contributed by atoms with van der Waals surface area (Å²) in [7, 11) is 0. The van der Waals surface area contributed by atoms with Crippen molar-refractivity contribution < 1.29 is 14.8 Å². The zero-order valence-electron chi connectivity index (χ0n) is 10.6. The fourth-order valence-electron chi connectivity index (χ4n) is 2.35. The number of hydrogen-bond acceptors (Lipinski definition) is 5. The van der Waals surface area contributed by atoms with E-state index in [0.717, 1.165) is 19.0 Å². The molecule has 1 aliphatic heterocycles. The summed E-state index contributed by atoms with van der Waals surface area (Å²) in [5.74, 6) is -0.441. The van der Waals surface area contributed by atoms with E-state index in [4.69, 9.17) is 0 Å². The molecule has 0 aromatic carbocycles. The molecular formula is C11H16N4O4. The lowest BCUT2D eigenvalue weighted by Gasteiger charge is -2.38. The molecule has 1 amide bonds. The molecule has 1 saturated heterocycles. The number of aliphatic hydroxyl groups is 1. The lowest BCUT2D eigenvalue weighted by atomic mass is 9.82. The molecule has 2 N–H and O–H groups in total. The fraction of sp³-hybridized carbons (Fsp3) is 0.636. The van der Waals surface area contributed by atoms with Crippen LogP contribution in [-0.2, 0) is 0 Å². The fourth-order valence-corrected chi connectivity index (χ4v) is 2.35. The van der Waals surface area contributed by atoms with Gasteiger partial charge in [-0.2, -0.15) is 5.10 Å². The number of aromatic amines is 1. The normalized spacial score (nSPS) is 23.4. The van der Waals surface area contributed by atoms with Crippen molar-refractivity contribution in [1.29, 1.82) is 0 Å². The number of amides is 1. The number of likely N-dealkylation sites (tertiary alicyclic amines) is 1. The Bertz CT molecular complexity index is 501. The second-order valence-electron chi connectivity index (χ2n) is 5.19. The number of H-pyrrole nitrogens is 1. The summed E-state index contributed by atoms with van der Waals surface area (Å²) in [5, 5.41) is 26.1. The van der Waals surface area contributed by atoms with Crippen LogP contribution in [0.2, 0.25) is 0 Å². The van der Waals surface area contributed by atoms with Crippen molar-refractivity contribution in [3.63, 3.8) is 0 Å². The van der Waals surface area contributed by atoms with Crippen molar-refractivity contribution >= 4 is 11.6 Å². The SMILES string of the molecule is CC1(CO)CCCN(C(=O)c2[nH]ncc2[N+](=O)[O-])C1. The second kappa shape index (κ2) is 4.96. The average Bonchev–Trinajstić information content (AvgIpc) is 2.87. The average molecular weight is 268 g/mol. The molecule has 0 aliphatic carbocycles. The Hall–Kier alpha value is -1.96. The number of carbonyl (C=O) groups is 1. The highest BCUT2D eigenvalue weighted by molar-refractivity contribution is 5.96. The third-order valence-corrected chi connectivity index (χ3v) is 3.48. The second-order valence-corrected chi connectivity index (χ2v) is 5.19. The standard InChI is InChI=1S/C11H16N4O4/c1-11(7-16)3-2-4-14(6-11)10(17)9-8(15(18)19)5-12-13-9/h5,16H,2-4,6-7H2,1H3,(H,12,13). The van der Waals surface area contributed by atoms with Crippen LogP contribution < -0.4 is 0 Å². The molecule has 1 aromatic rings. The first-order chi connectivity index (χ1) is 8.97. The van der Waals surface area contributed by atoms with Crippen LogP contribution in [0.25, 0.3) is 0 Å². The number of hydrogen-bond donors (Lipinski definition) is 2. The highest BCUT2D eigenvalue weighted by Crippen LogP contribution is 2.30. The largest absolute Gasteiger partial charge is 0.396 e. The van der Waals surface area contributed by atoms with Gasteiger partial charge in [0.05, 0.1) is 11.5 Å². The van der Waals surface area contributed by atoms with Crippen molar-refractivity contribution in [3.8, 4) is 0 Å². The molecule has 1 aromatic heterocycles. The Balaban J connectivity index is 2.20. The van der Waals surface area contributed by atoms with Gasteiger partial charge in [-0.05, 0) is 12.8 Å². The number of nitro groups is 1. The van der Waals surface area contributed by atoms with Gasteiger partial charge in [0.15, 0.2) is 0 Å². The number of nitrogens with one attached hydrogen (secondary N) is 1. The molecule has 2 heterocycles. The minimum Gasteiger partial charge on any atom is -0.396 e. The summed E-state index contributed by atoms with van der Waals surface area (Å²) in [6.07, 6.45) is 2.63. The van der Waals surface area contributed by atoms with Gasteiger partial charge in [-0.15, -0.1) is 0 Å². The van der Waals surface area contributed by atoms with Gasteiger partial charge in [0, 0.05) is 18.5 Å². The van der Waals surface area contributed by atoms with Crippen LogP contribution in [0.5, 0.6) is 0 Å². The van der Waals surface area contributed by atoms with Gasteiger partial charge >= 0.3 is 5.69 Å². The minimum atomic E-state index is -0.633. The Kier molecular flexibility index (Phi) is 3.52. The van der Waals surface area contributed by atoms with E-state index < -0.39 is 10.8 Å². The molecule has 0 saturated carbocycles. The van der Waals surface area contributed by atoms with E-state index in [-0.39, 0.29) is 23.4 Å². The summed E-state index contributed by atoms with van der Waals surface area (Å²) in [5.41, 5.74) is -0.767. The molecule has 2 rings (SSSR count). The number of aromatic nitrogens is 2. The highest BCUT2D eigenvalue weighted by Gasteiger charge is 2.35. The molecule has 0 radical (unpaired) electrons. The number of carbonyl (C=O) groups excluding carboxylic acids is 1. The number of nitrogens with zero attached hydrogens (tertiary/aromatic N) is 3. The summed E-state index contributed by atoms with van der Waals surface area (Å²) in [6, 6.07) is 0. The summed E-state index contributed by atoms with van der Waals surface area (Å²) < 4.78 is 0. The van der Waals surface area contributed by atoms with Crippen LogP contribution in [0, 0.1) is 15.5 Å². The third kappa shape index (κ3) is 2.58. The van der Waals surface area contributed by atoms with E-state index in [0.29, 0.717) is 13.1 Å². The predicted octanol–water partition coefficient (Wildman–Crippen LogP) is 0.552. The molecule has 1 aliphatic rings. The summed E-state index contributed by atoms with van der Waals surface area (Å²) in [4.78, 5) is 23.9. The molecule has 1 unspecified atom stereocenters. The van der Waals surface area contributed by atoms with E-state index in [1.807, 2.05) is 6.92 Å². The number of aliphatic hydroxyl groups excluding tert-OH is 1. The first-order valence-corrected chi connectivity index (χ1v) is 6.05.